The smallest absolute Gasteiger partial charge is 0.0233 e. The molecule has 2 heterocycles. The van der Waals surface area contributed by atoms with E-state index in [-0.39, 0.29) is 0 Å². The van der Waals surface area contributed by atoms with Gasteiger partial charge in [-0.15, -0.1) is 0 Å². The maximum absolute atomic E-state index is 3.58. The molecule has 0 aliphatic carbocycles. The van der Waals surface area contributed by atoms with Crippen molar-refractivity contribution < 1.29 is 0 Å². The Balaban J connectivity index is 1.66. The van der Waals surface area contributed by atoms with Crippen LogP contribution in [0.2, 0.25) is 0 Å². The highest BCUT2D eigenvalue weighted by Crippen LogP contribution is 2.44. The van der Waals surface area contributed by atoms with Crippen LogP contribution in [0.1, 0.15) is 31.7 Å². The molecule has 2 atom stereocenters. The lowest BCUT2D eigenvalue weighted by Gasteiger charge is -2.41. The van der Waals surface area contributed by atoms with Gasteiger partial charge in [-0.25, -0.2) is 0 Å². The van der Waals surface area contributed by atoms with Crippen molar-refractivity contribution in [3.05, 3.63) is 35.9 Å². The van der Waals surface area contributed by atoms with Gasteiger partial charge in [0.25, 0.3) is 0 Å². The predicted octanol–water partition coefficient (Wildman–Crippen LogP) is 2.90. The molecule has 2 fully saturated rings. The van der Waals surface area contributed by atoms with Crippen molar-refractivity contribution in [3.63, 3.8) is 0 Å². The third-order valence-corrected chi connectivity index (χ3v) is 5.26. The van der Waals surface area contributed by atoms with E-state index in [1.807, 2.05) is 0 Å². The van der Waals surface area contributed by atoms with Gasteiger partial charge in [-0.2, -0.15) is 0 Å². The molecule has 2 unspecified atom stereocenters. The van der Waals surface area contributed by atoms with Crippen molar-refractivity contribution in [1.82, 2.24) is 10.2 Å². The van der Waals surface area contributed by atoms with Crippen LogP contribution in [-0.2, 0) is 6.54 Å². The second-order valence-electron chi connectivity index (χ2n) is 6.37. The molecule has 0 radical (unpaired) electrons. The van der Waals surface area contributed by atoms with Gasteiger partial charge < -0.3 is 5.32 Å². The minimum atomic E-state index is 0.606. The topological polar surface area (TPSA) is 15.3 Å². The molecule has 2 aliphatic rings. The summed E-state index contributed by atoms with van der Waals surface area (Å²) in [7, 11) is 0. The highest BCUT2D eigenvalue weighted by atomic mass is 15.2. The van der Waals surface area contributed by atoms with Gasteiger partial charge in [-0.05, 0) is 49.4 Å². The number of nitrogens with one attached hydrogen (secondary N) is 1. The lowest BCUT2D eigenvalue weighted by atomic mass is 9.69. The maximum Gasteiger partial charge on any atom is 0.0233 e. The molecular formula is C17H26N2. The SMILES string of the molecule is CCC1CNCCC12CCN(Cc1ccccc1)C2. The fourth-order valence-corrected chi connectivity index (χ4v) is 4.11. The second kappa shape index (κ2) is 5.64. The summed E-state index contributed by atoms with van der Waals surface area (Å²) >= 11 is 0. The van der Waals surface area contributed by atoms with Gasteiger partial charge in [-0.3, -0.25) is 4.90 Å². The van der Waals surface area contributed by atoms with E-state index in [1.165, 1.54) is 51.0 Å². The first-order chi connectivity index (χ1) is 9.32. The molecule has 0 aromatic heterocycles. The zero-order chi connectivity index (χ0) is 13.1. The summed E-state index contributed by atoms with van der Waals surface area (Å²) in [6, 6.07) is 10.9. The minimum Gasteiger partial charge on any atom is -0.316 e. The molecule has 2 heteroatoms. The highest BCUT2D eigenvalue weighted by Gasteiger charge is 2.44. The summed E-state index contributed by atoms with van der Waals surface area (Å²) in [5, 5.41) is 3.58. The van der Waals surface area contributed by atoms with Gasteiger partial charge in [0, 0.05) is 13.1 Å². The average Bonchev–Trinajstić information content (AvgIpc) is 2.84. The average molecular weight is 258 g/mol. The van der Waals surface area contributed by atoms with E-state index in [2.05, 4.69) is 47.5 Å². The molecule has 1 aromatic rings. The molecule has 3 rings (SSSR count). The van der Waals surface area contributed by atoms with Gasteiger partial charge in [-0.1, -0.05) is 43.7 Å². The van der Waals surface area contributed by atoms with E-state index < -0.39 is 0 Å². The van der Waals surface area contributed by atoms with E-state index in [1.54, 1.807) is 0 Å². The van der Waals surface area contributed by atoms with E-state index in [0.29, 0.717) is 5.41 Å². The van der Waals surface area contributed by atoms with E-state index >= 15 is 0 Å². The number of hydrogen-bond acceptors (Lipinski definition) is 2. The minimum absolute atomic E-state index is 0.606. The normalized spacial score (nSPS) is 31.9. The Morgan fingerprint density at radius 1 is 1.26 bits per heavy atom. The number of rotatable bonds is 3. The Labute approximate surface area is 117 Å². The fraction of sp³-hybridized carbons (Fsp3) is 0.647. The summed E-state index contributed by atoms with van der Waals surface area (Å²) < 4.78 is 0. The molecule has 0 saturated carbocycles. The Hall–Kier alpha value is -0.860. The number of piperidine rings is 1. The standard InChI is InChI=1S/C17H26N2/c1-2-16-12-18-10-8-17(16)9-11-19(14-17)13-15-6-4-3-5-7-15/h3-7,16,18H,2,8-14H2,1H3. The molecule has 19 heavy (non-hydrogen) atoms. The van der Waals surface area contributed by atoms with Crippen molar-refractivity contribution in [1.29, 1.82) is 0 Å². The van der Waals surface area contributed by atoms with Crippen LogP contribution in [0.15, 0.2) is 30.3 Å². The van der Waals surface area contributed by atoms with Crippen LogP contribution in [0.25, 0.3) is 0 Å². The largest absolute Gasteiger partial charge is 0.316 e. The summed E-state index contributed by atoms with van der Waals surface area (Å²) in [6.45, 7) is 8.53. The van der Waals surface area contributed by atoms with Crippen LogP contribution in [-0.4, -0.2) is 31.1 Å². The zero-order valence-corrected chi connectivity index (χ0v) is 12.1. The van der Waals surface area contributed by atoms with Gasteiger partial charge >= 0.3 is 0 Å². The first kappa shape index (κ1) is 13.1. The number of hydrogen-bond donors (Lipinski definition) is 1. The monoisotopic (exact) mass is 258 g/mol. The molecule has 104 valence electrons. The number of benzene rings is 1. The second-order valence-corrected chi connectivity index (χ2v) is 6.37. The lowest BCUT2D eigenvalue weighted by Crippen LogP contribution is -2.46. The summed E-state index contributed by atoms with van der Waals surface area (Å²) in [5.74, 6) is 0.877. The summed E-state index contributed by atoms with van der Waals surface area (Å²) in [4.78, 5) is 2.67. The quantitative estimate of drug-likeness (QED) is 0.897. The molecule has 1 spiro atoms. The molecule has 2 saturated heterocycles. The highest BCUT2D eigenvalue weighted by molar-refractivity contribution is 5.15. The van der Waals surface area contributed by atoms with Crippen LogP contribution in [0.5, 0.6) is 0 Å². The van der Waals surface area contributed by atoms with Crippen LogP contribution in [0, 0.1) is 11.3 Å². The van der Waals surface area contributed by atoms with E-state index in [0.717, 1.165) is 12.5 Å². The Kier molecular flexibility index (Phi) is 3.90. The van der Waals surface area contributed by atoms with Crippen molar-refractivity contribution >= 4 is 0 Å². The van der Waals surface area contributed by atoms with Gasteiger partial charge in [0.1, 0.15) is 0 Å². The van der Waals surface area contributed by atoms with Crippen LogP contribution in [0.3, 0.4) is 0 Å². The van der Waals surface area contributed by atoms with Crippen molar-refractivity contribution in [2.24, 2.45) is 11.3 Å². The van der Waals surface area contributed by atoms with Gasteiger partial charge in [0.15, 0.2) is 0 Å². The van der Waals surface area contributed by atoms with E-state index in [9.17, 15) is 0 Å². The van der Waals surface area contributed by atoms with Crippen molar-refractivity contribution in [2.45, 2.75) is 32.7 Å². The molecule has 2 nitrogen and oxygen atoms in total. The fourth-order valence-electron chi connectivity index (χ4n) is 4.11. The third kappa shape index (κ3) is 2.70. The molecule has 1 N–H and O–H groups in total. The van der Waals surface area contributed by atoms with Gasteiger partial charge in [0.2, 0.25) is 0 Å². The maximum atomic E-state index is 3.58. The number of nitrogens with zero attached hydrogens (tertiary/aromatic N) is 1. The summed E-state index contributed by atoms with van der Waals surface area (Å²) in [6.07, 6.45) is 4.10. The first-order valence-corrected chi connectivity index (χ1v) is 7.79. The molecule has 0 amide bonds. The Morgan fingerprint density at radius 3 is 2.89 bits per heavy atom. The zero-order valence-electron chi connectivity index (χ0n) is 12.1. The van der Waals surface area contributed by atoms with Crippen LogP contribution in [0.4, 0.5) is 0 Å². The van der Waals surface area contributed by atoms with E-state index in [4.69, 9.17) is 0 Å². The predicted molar refractivity (Wildman–Crippen MR) is 80.0 cm³/mol. The lowest BCUT2D eigenvalue weighted by molar-refractivity contribution is 0.108. The van der Waals surface area contributed by atoms with Crippen LogP contribution < -0.4 is 5.32 Å². The summed E-state index contributed by atoms with van der Waals surface area (Å²) in [5.41, 5.74) is 2.07. The molecule has 1 aromatic carbocycles. The third-order valence-electron chi connectivity index (χ3n) is 5.26. The Bertz CT molecular complexity index is 403. The van der Waals surface area contributed by atoms with Crippen molar-refractivity contribution in [2.75, 3.05) is 26.2 Å². The number of likely N-dealkylation sites (tertiary alicyclic amines) is 1. The Morgan fingerprint density at radius 2 is 2.11 bits per heavy atom. The van der Waals surface area contributed by atoms with Crippen LogP contribution >= 0.6 is 0 Å². The van der Waals surface area contributed by atoms with Crippen molar-refractivity contribution in [3.8, 4) is 0 Å². The molecular weight excluding hydrogens is 232 g/mol. The first-order valence-electron chi connectivity index (χ1n) is 7.79. The molecule has 2 aliphatic heterocycles. The molecule has 0 bridgehead atoms. The van der Waals surface area contributed by atoms with Gasteiger partial charge in [0.05, 0.1) is 0 Å².